The third-order valence-electron chi connectivity index (χ3n) is 3.27. The van der Waals surface area contributed by atoms with Crippen molar-refractivity contribution in [2.75, 3.05) is 13.1 Å². The Balaban J connectivity index is 1.92. The lowest BCUT2D eigenvalue weighted by Gasteiger charge is -2.14. The first-order chi connectivity index (χ1) is 8.17. The topological polar surface area (TPSA) is 68.0 Å². The van der Waals surface area contributed by atoms with E-state index in [2.05, 4.69) is 10.3 Å². The second-order valence-corrected chi connectivity index (χ2v) is 4.58. The summed E-state index contributed by atoms with van der Waals surface area (Å²) < 4.78 is 13.3. The number of aromatic nitrogens is 1. The highest BCUT2D eigenvalue weighted by Gasteiger charge is 2.41. The molecule has 3 N–H and O–H groups in total. The molecule has 1 aromatic heterocycles. The third kappa shape index (κ3) is 2.79. The predicted molar refractivity (Wildman–Crippen MR) is 61.9 cm³/mol. The van der Waals surface area contributed by atoms with Crippen molar-refractivity contribution in [3.63, 3.8) is 0 Å². The van der Waals surface area contributed by atoms with E-state index >= 15 is 0 Å². The summed E-state index contributed by atoms with van der Waals surface area (Å²) in [6.45, 7) is 1.20. The summed E-state index contributed by atoms with van der Waals surface area (Å²) in [6.07, 6.45) is 5.53. The standard InChI is InChI=1S/C12H16FN3O/c13-10-7-15-6-1-9(10)11(17)16-8-12(2-3-12)4-5-14/h1,6-7H,2-5,8,14H2,(H,16,17). The Kier molecular flexibility index (Phi) is 3.38. The monoisotopic (exact) mass is 237 g/mol. The second-order valence-electron chi connectivity index (χ2n) is 4.58. The molecule has 4 nitrogen and oxygen atoms in total. The molecule has 0 saturated heterocycles. The van der Waals surface area contributed by atoms with E-state index in [0.717, 1.165) is 25.5 Å². The number of pyridine rings is 1. The van der Waals surface area contributed by atoms with Gasteiger partial charge in [0.1, 0.15) is 0 Å². The van der Waals surface area contributed by atoms with Gasteiger partial charge in [-0.25, -0.2) is 4.39 Å². The van der Waals surface area contributed by atoms with E-state index in [9.17, 15) is 9.18 Å². The van der Waals surface area contributed by atoms with Crippen LogP contribution in [0.25, 0.3) is 0 Å². The highest BCUT2D eigenvalue weighted by molar-refractivity contribution is 5.94. The van der Waals surface area contributed by atoms with Crippen molar-refractivity contribution < 1.29 is 9.18 Å². The highest BCUT2D eigenvalue weighted by Crippen LogP contribution is 2.47. The van der Waals surface area contributed by atoms with Crippen molar-refractivity contribution in [2.45, 2.75) is 19.3 Å². The smallest absolute Gasteiger partial charge is 0.254 e. The minimum absolute atomic E-state index is 0.0450. The van der Waals surface area contributed by atoms with Crippen LogP contribution in [0.5, 0.6) is 0 Å². The molecular formula is C12H16FN3O. The van der Waals surface area contributed by atoms with Crippen molar-refractivity contribution in [1.29, 1.82) is 0 Å². The van der Waals surface area contributed by atoms with Crippen molar-refractivity contribution >= 4 is 5.91 Å². The lowest BCUT2D eigenvalue weighted by molar-refractivity contribution is 0.0940. The van der Waals surface area contributed by atoms with Gasteiger partial charge >= 0.3 is 0 Å². The normalized spacial score (nSPS) is 16.6. The molecule has 1 saturated carbocycles. The van der Waals surface area contributed by atoms with E-state index < -0.39 is 5.82 Å². The van der Waals surface area contributed by atoms with Gasteiger partial charge in [0.25, 0.3) is 5.91 Å². The SMILES string of the molecule is NCCC1(CNC(=O)c2ccncc2F)CC1. The van der Waals surface area contributed by atoms with E-state index in [-0.39, 0.29) is 16.9 Å². The lowest BCUT2D eigenvalue weighted by Crippen LogP contribution is -2.31. The van der Waals surface area contributed by atoms with Gasteiger partial charge in [-0.15, -0.1) is 0 Å². The number of nitrogens with two attached hydrogens (primary N) is 1. The number of carbonyl (C=O) groups excluding carboxylic acids is 1. The molecule has 1 aliphatic rings. The van der Waals surface area contributed by atoms with Gasteiger partial charge in [0, 0.05) is 12.7 Å². The molecule has 0 atom stereocenters. The Hall–Kier alpha value is -1.49. The van der Waals surface area contributed by atoms with Gasteiger partial charge in [0.2, 0.25) is 0 Å². The average molecular weight is 237 g/mol. The zero-order valence-electron chi connectivity index (χ0n) is 9.58. The maximum atomic E-state index is 13.3. The lowest BCUT2D eigenvalue weighted by atomic mass is 10.0. The van der Waals surface area contributed by atoms with Gasteiger partial charge in [-0.2, -0.15) is 0 Å². The number of hydrogen-bond donors (Lipinski definition) is 2. The molecule has 92 valence electrons. The van der Waals surface area contributed by atoms with Gasteiger partial charge in [-0.3, -0.25) is 9.78 Å². The molecule has 1 aromatic rings. The van der Waals surface area contributed by atoms with E-state index in [0.29, 0.717) is 13.1 Å². The summed E-state index contributed by atoms with van der Waals surface area (Å²) in [4.78, 5) is 15.3. The molecule has 1 heterocycles. The average Bonchev–Trinajstić information content (AvgIpc) is 3.08. The first-order valence-corrected chi connectivity index (χ1v) is 5.75. The predicted octanol–water partition coefficient (Wildman–Crippen LogP) is 1.08. The van der Waals surface area contributed by atoms with E-state index in [1.807, 2.05) is 0 Å². The van der Waals surface area contributed by atoms with Crippen LogP contribution in [0.1, 0.15) is 29.6 Å². The summed E-state index contributed by atoms with van der Waals surface area (Å²) in [6, 6.07) is 1.38. The fourth-order valence-corrected chi connectivity index (χ4v) is 1.92. The van der Waals surface area contributed by atoms with Gasteiger partial charge in [-0.05, 0) is 37.3 Å². The fraction of sp³-hybridized carbons (Fsp3) is 0.500. The molecule has 17 heavy (non-hydrogen) atoms. The maximum Gasteiger partial charge on any atom is 0.254 e. The Morgan fingerprint density at radius 3 is 2.94 bits per heavy atom. The largest absolute Gasteiger partial charge is 0.351 e. The molecule has 2 rings (SSSR count). The molecule has 0 radical (unpaired) electrons. The molecule has 0 aromatic carbocycles. The summed E-state index contributed by atoms with van der Waals surface area (Å²) in [7, 11) is 0. The van der Waals surface area contributed by atoms with Crippen LogP contribution in [0, 0.1) is 11.2 Å². The zero-order chi connectivity index (χ0) is 12.3. The molecule has 1 fully saturated rings. The highest BCUT2D eigenvalue weighted by atomic mass is 19.1. The van der Waals surface area contributed by atoms with Crippen LogP contribution in [0.2, 0.25) is 0 Å². The van der Waals surface area contributed by atoms with Crippen LogP contribution in [-0.4, -0.2) is 24.0 Å². The number of nitrogens with one attached hydrogen (secondary N) is 1. The van der Waals surface area contributed by atoms with E-state index in [1.165, 1.54) is 12.3 Å². The van der Waals surface area contributed by atoms with Crippen molar-refractivity contribution in [1.82, 2.24) is 10.3 Å². The van der Waals surface area contributed by atoms with Gasteiger partial charge in [0.05, 0.1) is 11.8 Å². The molecular weight excluding hydrogens is 221 g/mol. The fourth-order valence-electron chi connectivity index (χ4n) is 1.92. The molecule has 5 heteroatoms. The zero-order valence-corrected chi connectivity index (χ0v) is 9.58. The number of halogens is 1. The first-order valence-electron chi connectivity index (χ1n) is 5.75. The number of hydrogen-bond acceptors (Lipinski definition) is 3. The Labute approximate surface area is 99.4 Å². The minimum Gasteiger partial charge on any atom is -0.351 e. The van der Waals surface area contributed by atoms with Crippen molar-refractivity contribution in [3.05, 3.63) is 29.8 Å². The van der Waals surface area contributed by atoms with Crippen LogP contribution in [0.15, 0.2) is 18.5 Å². The molecule has 0 aliphatic heterocycles. The Morgan fingerprint density at radius 1 is 1.59 bits per heavy atom. The second kappa shape index (κ2) is 4.79. The van der Waals surface area contributed by atoms with Gasteiger partial charge in [0.15, 0.2) is 5.82 Å². The quantitative estimate of drug-likeness (QED) is 0.805. The third-order valence-corrected chi connectivity index (χ3v) is 3.27. The van der Waals surface area contributed by atoms with Crippen molar-refractivity contribution in [2.24, 2.45) is 11.1 Å². The minimum atomic E-state index is -0.589. The molecule has 0 unspecified atom stereocenters. The van der Waals surface area contributed by atoms with E-state index in [4.69, 9.17) is 5.73 Å². The Bertz CT molecular complexity index is 418. The summed E-state index contributed by atoms with van der Waals surface area (Å²) in [5.74, 6) is -0.970. The summed E-state index contributed by atoms with van der Waals surface area (Å²) in [5, 5.41) is 2.77. The summed E-state index contributed by atoms with van der Waals surface area (Å²) in [5.41, 5.74) is 5.72. The number of carbonyl (C=O) groups is 1. The molecule has 1 amide bonds. The summed E-state index contributed by atoms with van der Waals surface area (Å²) >= 11 is 0. The van der Waals surface area contributed by atoms with E-state index in [1.54, 1.807) is 0 Å². The van der Waals surface area contributed by atoms with Crippen LogP contribution in [-0.2, 0) is 0 Å². The van der Waals surface area contributed by atoms with Crippen LogP contribution >= 0.6 is 0 Å². The van der Waals surface area contributed by atoms with Crippen LogP contribution in [0.4, 0.5) is 4.39 Å². The number of nitrogens with zero attached hydrogens (tertiary/aromatic N) is 1. The van der Waals surface area contributed by atoms with Gasteiger partial charge < -0.3 is 11.1 Å². The number of amides is 1. The first kappa shape index (κ1) is 12.0. The number of rotatable bonds is 5. The van der Waals surface area contributed by atoms with Crippen molar-refractivity contribution in [3.8, 4) is 0 Å². The molecule has 0 bridgehead atoms. The van der Waals surface area contributed by atoms with Crippen LogP contribution < -0.4 is 11.1 Å². The van der Waals surface area contributed by atoms with Crippen LogP contribution in [0.3, 0.4) is 0 Å². The molecule has 1 aliphatic carbocycles. The van der Waals surface area contributed by atoms with Gasteiger partial charge in [-0.1, -0.05) is 0 Å². The molecule has 0 spiro atoms. The Morgan fingerprint density at radius 2 is 2.35 bits per heavy atom. The maximum absolute atomic E-state index is 13.3.